The van der Waals surface area contributed by atoms with E-state index in [-0.39, 0.29) is 11.6 Å². The number of ether oxygens (including phenoxy) is 1. The van der Waals surface area contributed by atoms with Gasteiger partial charge in [-0.05, 0) is 25.1 Å². The molecule has 1 unspecified atom stereocenters. The maximum Gasteiger partial charge on any atom is 0.277 e. The van der Waals surface area contributed by atoms with E-state index in [0.717, 1.165) is 11.3 Å². The first kappa shape index (κ1) is 15.0. The third-order valence-electron chi connectivity index (χ3n) is 2.61. The Labute approximate surface area is 125 Å². The number of halogens is 1. The second-order valence-corrected chi connectivity index (χ2v) is 5.21. The van der Waals surface area contributed by atoms with Gasteiger partial charge in [0.2, 0.25) is 0 Å². The lowest BCUT2D eigenvalue weighted by Crippen LogP contribution is -2.10. The number of nitrogens with zero attached hydrogens (tertiary/aromatic N) is 1. The van der Waals surface area contributed by atoms with E-state index < -0.39 is 12.1 Å². The summed E-state index contributed by atoms with van der Waals surface area (Å²) in [5.74, 6) is 2.37. The van der Waals surface area contributed by atoms with E-state index in [0.29, 0.717) is 22.6 Å². The number of primary amides is 1. The fraction of sp³-hybridized carbons (Fsp3) is 0.200. The van der Waals surface area contributed by atoms with E-state index in [1.807, 2.05) is 0 Å². The number of carbonyl (C=O) groups excluding carboxylic acids is 1. The molecule has 0 spiro atoms. The van der Waals surface area contributed by atoms with E-state index in [9.17, 15) is 9.18 Å². The van der Waals surface area contributed by atoms with Crippen LogP contribution in [0.4, 0.5) is 4.39 Å². The summed E-state index contributed by atoms with van der Waals surface area (Å²) < 4.78 is 18.4. The molecule has 0 aliphatic rings. The van der Waals surface area contributed by atoms with Gasteiger partial charge in [-0.15, -0.1) is 17.8 Å². The zero-order valence-electron chi connectivity index (χ0n) is 11.3. The van der Waals surface area contributed by atoms with Crippen LogP contribution in [0, 0.1) is 12.3 Å². The van der Waals surface area contributed by atoms with Gasteiger partial charge < -0.3 is 10.5 Å². The van der Waals surface area contributed by atoms with Crippen molar-refractivity contribution < 1.29 is 13.9 Å². The number of amides is 1. The number of hydrogen-bond donors (Lipinski definition) is 1. The first-order valence-corrected chi connectivity index (χ1v) is 7.02. The molecule has 0 radical (unpaired) electrons. The molecule has 0 bridgehead atoms. The van der Waals surface area contributed by atoms with Gasteiger partial charge in [-0.2, -0.15) is 0 Å². The highest BCUT2D eigenvalue weighted by Crippen LogP contribution is 2.32. The van der Waals surface area contributed by atoms with E-state index in [2.05, 4.69) is 10.9 Å². The van der Waals surface area contributed by atoms with E-state index in [1.54, 1.807) is 23.6 Å². The normalized spacial score (nSPS) is 11.7. The molecule has 2 N–H and O–H groups in total. The van der Waals surface area contributed by atoms with Crippen LogP contribution in [-0.2, 0) is 0 Å². The highest BCUT2D eigenvalue weighted by atomic mass is 32.1. The van der Waals surface area contributed by atoms with Crippen LogP contribution < -0.4 is 10.5 Å². The Morgan fingerprint density at radius 2 is 2.38 bits per heavy atom. The molecule has 1 heterocycles. The first-order chi connectivity index (χ1) is 10.0. The number of rotatable bonds is 5. The molecule has 2 rings (SSSR count). The van der Waals surface area contributed by atoms with Crippen LogP contribution in [0.2, 0.25) is 0 Å². The van der Waals surface area contributed by atoms with Gasteiger partial charge >= 0.3 is 0 Å². The molecule has 0 aliphatic heterocycles. The van der Waals surface area contributed by atoms with Gasteiger partial charge in [0.25, 0.3) is 5.91 Å². The lowest BCUT2D eigenvalue weighted by molar-refractivity contribution is 0.1000. The minimum absolute atomic E-state index is 0.0742. The van der Waals surface area contributed by atoms with Gasteiger partial charge in [-0.3, -0.25) is 4.79 Å². The number of thiazole rings is 1. The second kappa shape index (κ2) is 6.37. The van der Waals surface area contributed by atoms with Crippen LogP contribution in [0.1, 0.15) is 22.3 Å². The lowest BCUT2D eigenvalue weighted by atomic mass is 10.1. The van der Waals surface area contributed by atoms with Crippen LogP contribution in [0.15, 0.2) is 23.6 Å². The molecule has 0 saturated carbocycles. The topological polar surface area (TPSA) is 65.2 Å². The van der Waals surface area contributed by atoms with Crippen molar-refractivity contribution in [1.29, 1.82) is 0 Å². The van der Waals surface area contributed by atoms with Crippen LogP contribution in [0.25, 0.3) is 11.3 Å². The predicted octanol–water partition coefficient (Wildman–Crippen LogP) is 2.63. The van der Waals surface area contributed by atoms with Crippen LogP contribution in [0.5, 0.6) is 5.75 Å². The zero-order valence-corrected chi connectivity index (χ0v) is 12.1. The number of alkyl halides is 1. The average molecular weight is 304 g/mol. The summed E-state index contributed by atoms with van der Waals surface area (Å²) in [7, 11) is 0. The van der Waals surface area contributed by atoms with Crippen LogP contribution >= 0.6 is 11.3 Å². The van der Waals surface area contributed by atoms with Crippen molar-refractivity contribution in [3.63, 3.8) is 0 Å². The predicted molar refractivity (Wildman–Crippen MR) is 80.1 cm³/mol. The molecule has 108 valence electrons. The molecule has 4 nitrogen and oxygen atoms in total. The first-order valence-electron chi connectivity index (χ1n) is 6.14. The molecule has 0 fully saturated rings. The van der Waals surface area contributed by atoms with E-state index in [1.165, 1.54) is 6.92 Å². The number of benzene rings is 1. The lowest BCUT2D eigenvalue weighted by Gasteiger charge is -2.11. The van der Waals surface area contributed by atoms with E-state index in [4.69, 9.17) is 16.9 Å². The SMILES string of the molecule is C#Cc1ccc(OCC(C)F)c(-c2csc(C(N)=O)n2)c1. The standard InChI is InChI=1S/C15H13FN2O2S/c1-3-10-4-5-13(20-7-9(2)16)11(6-10)12-8-21-15(18-12)14(17)19/h1,4-6,8-9H,7H2,2H3,(H2,17,19). The molecular weight excluding hydrogens is 291 g/mol. The number of terminal acetylenes is 1. The fourth-order valence-electron chi connectivity index (χ4n) is 1.66. The minimum Gasteiger partial charge on any atom is -0.490 e. The Morgan fingerprint density at radius 3 is 2.95 bits per heavy atom. The molecule has 0 saturated heterocycles. The van der Waals surface area contributed by atoms with Crippen molar-refractivity contribution in [2.24, 2.45) is 5.73 Å². The number of carbonyl (C=O) groups is 1. The monoisotopic (exact) mass is 304 g/mol. The third-order valence-corrected chi connectivity index (χ3v) is 3.46. The van der Waals surface area contributed by atoms with Gasteiger partial charge in [0.15, 0.2) is 5.01 Å². The number of nitrogens with two attached hydrogens (primary N) is 1. The highest BCUT2D eigenvalue weighted by molar-refractivity contribution is 7.12. The van der Waals surface area contributed by atoms with Gasteiger partial charge in [-0.25, -0.2) is 9.37 Å². The molecule has 6 heteroatoms. The Hall–Kier alpha value is -2.39. The molecular formula is C15H13FN2O2S. The quantitative estimate of drug-likeness (QED) is 0.864. The van der Waals surface area contributed by atoms with Gasteiger partial charge in [0, 0.05) is 16.5 Å². The molecule has 0 aliphatic carbocycles. The maximum absolute atomic E-state index is 12.9. The number of aromatic nitrogens is 1. The Balaban J connectivity index is 2.42. The molecule has 1 atom stereocenters. The van der Waals surface area contributed by atoms with Crippen molar-refractivity contribution in [2.45, 2.75) is 13.1 Å². The summed E-state index contributed by atoms with van der Waals surface area (Å²) in [4.78, 5) is 15.3. The average Bonchev–Trinajstić information content (AvgIpc) is 2.94. The Kier molecular flexibility index (Phi) is 4.55. The molecule has 1 aromatic carbocycles. The zero-order chi connectivity index (χ0) is 15.4. The summed E-state index contributed by atoms with van der Waals surface area (Å²) in [6.07, 6.45) is 4.28. The van der Waals surface area contributed by atoms with Gasteiger partial charge in [0.1, 0.15) is 18.5 Å². The van der Waals surface area contributed by atoms with Gasteiger partial charge in [-0.1, -0.05) is 5.92 Å². The Bertz CT molecular complexity index is 704. The molecule has 21 heavy (non-hydrogen) atoms. The van der Waals surface area contributed by atoms with Crippen LogP contribution in [-0.4, -0.2) is 23.7 Å². The smallest absolute Gasteiger partial charge is 0.277 e. The summed E-state index contributed by atoms with van der Waals surface area (Å²) in [6.45, 7) is 1.33. The summed E-state index contributed by atoms with van der Waals surface area (Å²) in [6, 6.07) is 5.07. The summed E-state index contributed by atoms with van der Waals surface area (Å²) in [5, 5.41) is 1.88. The van der Waals surface area contributed by atoms with E-state index >= 15 is 0 Å². The maximum atomic E-state index is 12.9. The summed E-state index contributed by atoms with van der Waals surface area (Å²) in [5.41, 5.74) is 6.96. The summed E-state index contributed by atoms with van der Waals surface area (Å²) >= 11 is 1.13. The highest BCUT2D eigenvalue weighted by Gasteiger charge is 2.14. The van der Waals surface area contributed by atoms with Crippen molar-refractivity contribution in [3.05, 3.63) is 34.2 Å². The van der Waals surface area contributed by atoms with Crippen LogP contribution in [0.3, 0.4) is 0 Å². The number of hydrogen-bond acceptors (Lipinski definition) is 4. The van der Waals surface area contributed by atoms with Gasteiger partial charge in [0.05, 0.1) is 5.69 Å². The largest absolute Gasteiger partial charge is 0.490 e. The molecule has 1 aromatic heterocycles. The van der Waals surface area contributed by atoms with Crippen molar-refractivity contribution in [3.8, 4) is 29.4 Å². The van der Waals surface area contributed by atoms with Crippen molar-refractivity contribution in [1.82, 2.24) is 4.98 Å². The second-order valence-electron chi connectivity index (χ2n) is 4.35. The third kappa shape index (κ3) is 3.58. The van der Waals surface area contributed by atoms with Crippen molar-refractivity contribution in [2.75, 3.05) is 6.61 Å². The Morgan fingerprint density at radius 1 is 1.62 bits per heavy atom. The van der Waals surface area contributed by atoms with Crippen molar-refractivity contribution >= 4 is 17.2 Å². The fourth-order valence-corrected chi connectivity index (χ4v) is 2.33. The molecule has 1 amide bonds. The minimum atomic E-state index is -1.10. The molecule has 2 aromatic rings.